The van der Waals surface area contributed by atoms with E-state index in [-0.39, 0.29) is 24.4 Å². The molecule has 0 spiro atoms. The van der Waals surface area contributed by atoms with Gasteiger partial charge >= 0.3 is 0 Å². The van der Waals surface area contributed by atoms with Gasteiger partial charge < -0.3 is 19.1 Å². The average Bonchev–Trinajstić information content (AvgIpc) is 2.77. The average molecular weight is 450 g/mol. The van der Waals surface area contributed by atoms with Crippen molar-refractivity contribution in [2.45, 2.75) is 17.9 Å². The summed E-state index contributed by atoms with van der Waals surface area (Å²) in [6.45, 7) is 2.96. The maximum Gasteiger partial charge on any atom is 0.257 e. The van der Waals surface area contributed by atoms with E-state index in [0.717, 1.165) is 4.90 Å². The summed E-state index contributed by atoms with van der Waals surface area (Å²) in [7, 11) is 1.56. The molecular formula is C22H24ClNO5S. The zero-order valence-electron chi connectivity index (χ0n) is 17.1. The fourth-order valence-electron chi connectivity index (χ4n) is 3.24. The van der Waals surface area contributed by atoms with Gasteiger partial charge in [-0.2, -0.15) is 0 Å². The first-order valence-corrected chi connectivity index (χ1v) is 11.1. The number of carbonyl (C=O) groups is 2. The molecule has 8 heteroatoms. The lowest BCUT2D eigenvalue weighted by atomic mass is 10.1. The molecule has 2 aromatic carbocycles. The molecule has 1 atom stereocenters. The summed E-state index contributed by atoms with van der Waals surface area (Å²) in [6, 6.07) is 10.5. The van der Waals surface area contributed by atoms with E-state index in [2.05, 4.69) is 0 Å². The van der Waals surface area contributed by atoms with Crippen molar-refractivity contribution < 1.29 is 23.8 Å². The van der Waals surface area contributed by atoms with Gasteiger partial charge in [0.15, 0.2) is 5.78 Å². The lowest BCUT2D eigenvalue weighted by Gasteiger charge is -2.33. The van der Waals surface area contributed by atoms with Gasteiger partial charge in [-0.05, 0) is 49.6 Å². The number of rotatable bonds is 7. The second-order valence-corrected chi connectivity index (χ2v) is 8.13. The number of carbonyl (C=O) groups excluding carboxylic acids is 2. The van der Waals surface area contributed by atoms with Crippen LogP contribution >= 0.6 is 23.4 Å². The predicted octanol–water partition coefficient (Wildman–Crippen LogP) is 4.19. The minimum Gasteiger partial charge on any atom is -0.496 e. The fraction of sp³-hybridized carbons (Fsp3) is 0.364. The molecule has 30 heavy (non-hydrogen) atoms. The van der Waals surface area contributed by atoms with Crippen molar-refractivity contribution in [3.05, 3.63) is 52.5 Å². The number of hydrogen-bond acceptors (Lipinski definition) is 6. The fourth-order valence-corrected chi connectivity index (χ4v) is 3.84. The molecular weight excluding hydrogens is 426 g/mol. The summed E-state index contributed by atoms with van der Waals surface area (Å²) in [6.07, 6.45) is 1.66. The molecule has 0 radical (unpaired) electrons. The van der Waals surface area contributed by atoms with Crippen LogP contribution in [0.3, 0.4) is 0 Å². The van der Waals surface area contributed by atoms with Crippen LogP contribution in [0.15, 0.2) is 41.3 Å². The first kappa shape index (κ1) is 22.5. The number of ketones is 1. The van der Waals surface area contributed by atoms with Crippen LogP contribution in [-0.2, 0) is 4.74 Å². The Balaban J connectivity index is 1.68. The molecule has 6 nitrogen and oxygen atoms in total. The number of methoxy groups -OCH3 is 1. The first-order valence-electron chi connectivity index (χ1n) is 9.49. The molecule has 1 aliphatic rings. The molecule has 0 saturated carbocycles. The van der Waals surface area contributed by atoms with Crippen molar-refractivity contribution >= 4 is 35.1 Å². The highest BCUT2D eigenvalue weighted by molar-refractivity contribution is 7.98. The number of hydrogen-bond donors (Lipinski definition) is 0. The van der Waals surface area contributed by atoms with E-state index in [1.807, 2.05) is 18.4 Å². The summed E-state index contributed by atoms with van der Waals surface area (Å²) in [5.41, 5.74) is 0.943. The summed E-state index contributed by atoms with van der Waals surface area (Å²) >= 11 is 7.57. The van der Waals surface area contributed by atoms with Crippen LogP contribution in [0.2, 0.25) is 5.02 Å². The van der Waals surface area contributed by atoms with Gasteiger partial charge in [-0.1, -0.05) is 11.6 Å². The zero-order valence-corrected chi connectivity index (χ0v) is 18.7. The van der Waals surface area contributed by atoms with Crippen LogP contribution in [0.25, 0.3) is 0 Å². The van der Waals surface area contributed by atoms with Gasteiger partial charge in [0.05, 0.1) is 31.4 Å². The minimum atomic E-state index is -0.311. The lowest BCUT2D eigenvalue weighted by Crippen LogP contribution is -2.47. The molecule has 1 amide bonds. The third-order valence-corrected chi connectivity index (χ3v) is 5.77. The van der Waals surface area contributed by atoms with Gasteiger partial charge in [-0.3, -0.25) is 9.59 Å². The van der Waals surface area contributed by atoms with E-state index in [4.69, 9.17) is 25.8 Å². The number of morpholine rings is 1. The summed E-state index contributed by atoms with van der Waals surface area (Å²) in [4.78, 5) is 27.7. The van der Waals surface area contributed by atoms with Crippen LogP contribution < -0.4 is 9.47 Å². The molecule has 1 aliphatic heterocycles. The van der Waals surface area contributed by atoms with Crippen molar-refractivity contribution in [2.24, 2.45) is 0 Å². The van der Waals surface area contributed by atoms with E-state index in [1.54, 1.807) is 48.0 Å². The molecule has 1 fully saturated rings. The van der Waals surface area contributed by atoms with Gasteiger partial charge in [-0.15, -0.1) is 11.8 Å². The van der Waals surface area contributed by atoms with Crippen LogP contribution in [0.4, 0.5) is 0 Å². The van der Waals surface area contributed by atoms with Crippen molar-refractivity contribution in [3.8, 4) is 11.5 Å². The smallest absolute Gasteiger partial charge is 0.257 e. The van der Waals surface area contributed by atoms with E-state index in [0.29, 0.717) is 47.3 Å². The SMILES string of the molecule is COc1cc(SC)ccc1C(=O)N1CCOC(COc2ccc(Cl)cc2C(C)=O)C1. The highest BCUT2D eigenvalue weighted by atomic mass is 35.5. The molecule has 0 aromatic heterocycles. The Bertz CT molecular complexity index is 936. The van der Waals surface area contributed by atoms with Crippen molar-refractivity contribution in [1.82, 2.24) is 4.90 Å². The predicted molar refractivity (Wildman–Crippen MR) is 117 cm³/mol. The van der Waals surface area contributed by atoms with E-state index < -0.39 is 0 Å². The van der Waals surface area contributed by atoms with Crippen LogP contribution in [0.5, 0.6) is 11.5 Å². The second-order valence-electron chi connectivity index (χ2n) is 6.82. The molecule has 160 valence electrons. The quantitative estimate of drug-likeness (QED) is 0.466. The number of nitrogens with zero attached hydrogens (tertiary/aromatic N) is 1. The number of amides is 1. The first-order chi connectivity index (χ1) is 14.4. The Hall–Kier alpha value is -2.22. The molecule has 1 saturated heterocycles. The van der Waals surface area contributed by atoms with Gasteiger partial charge in [0.1, 0.15) is 24.2 Å². The Morgan fingerprint density at radius 2 is 2.00 bits per heavy atom. The van der Waals surface area contributed by atoms with E-state index in [1.165, 1.54) is 6.92 Å². The Morgan fingerprint density at radius 1 is 1.20 bits per heavy atom. The number of ether oxygens (including phenoxy) is 3. The van der Waals surface area contributed by atoms with Gasteiger partial charge in [0.25, 0.3) is 5.91 Å². The van der Waals surface area contributed by atoms with Gasteiger partial charge in [0.2, 0.25) is 0 Å². The highest BCUT2D eigenvalue weighted by Crippen LogP contribution is 2.27. The standard InChI is InChI=1S/C22H24ClNO5S/c1-14(25)19-10-15(23)4-7-20(19)29-13-16-12-24(8-9-28-16)22(26)18-6-5-17(30-3)11-21(18)27-2/h4-7,10-11,16H,8-9,12-13H2,1-3H3. The van der Waals surface area contributed by atoms with Crippen molar-refractivity contribution in [2.75, 3.05) is 39.7 Å². The number of halogens is 1. The summed E-state index contributed by atoms with van der Waals surface area (Å²) in [5, 5.41) is 0.472. The van der Waals surface area contributed by atoms with Crippen LogP contribution in [0.1, 0.15) is 27.6 Å². The monoisotopic (exact) mass is 449 g/mol. The third kappa shape index (κ3) is 5.28. The summed E-state index contributed by atoms with van der Waals surface area (Å²) in [5.74, 6) is 0.769. The third-order valence-electron chi connectivity index (χ3n) is 4.81. The molecule has 1 unspecified atom stereocenters. The molecule has 0 bridgehead atoms. The maximum absolute atomic E-state index is 13.1. The largest absolute Gasteiger partial charge is 0.496 e. The van der Waals surface area contributed by atoms with Gasteiger partial charge in [-0.25, -0.2) is 0 Å². The van der Waals surface area contributed by atoms with Crippen LogP contribution in [-0.4, -0.2) is 62.4 Å². The normalized spacial score (nSPS) is 16.3. The Morgan fingerprint density at radius 3 is 2.70 bits per heavy atom. The number of benzene rings is 2. The second kappa shape index (κ2) is 10.2. The Labute approximate surface area is 185 Å². The lowest BCUT2D eigenvalue weighted by molar-refractivity contribution is -0.0402. The minimum absolute atomic E-state index is 0.108. The molecule has 0 N–H and O–H groups in total. The topological polar surface area (TPSA) is 65.1 Å². The van der Waals surface area contributed by atoms with Crippen LogP contribution in [0, 0.1) is 0 Å². The maximum atomic E-state index is 13.1. The van der Waals surface area contributed by atoms with Gasteiger partial charge in [0, 0.05) is 16.5 Å². The highest BCUT2D eigenvalue weighted by Gasteiger charge is 2.27. The molecule has 0 aliphatic carbocycles. The van der Waals surface area contributed by atoms with E-state index in [9.17, 15) is 9.59 Å². The molecule has 2 aromatic rings. The molecule has 1 heterocycles. The Kier molecular flexibility index (Phi) is 7.64. The number of thioether (sulfide) groups is 1. The zero-order chi connectivity index (χ0) is 21.7. The van der Waals surface area contributed by atoms with Crippen molar-refractivity contribution in [3.63, 3.8) is 0 Å². The van der Waals surface area contributed by atoms with Crippen molar-refractivity contribution in [1.29, 1.82) is 0 Å². The molecule has 3 rings (SSSR count). The van der Waals surface area contributed by atoms with E-state index >= 15 is 0 Å². The number of Topliss-reactive ketones (excluding diaryl/α,β-unsaturated/α-hetero) is 1. The summed E-state index contributed by atoms with van der Waals surface area (Å²) < 4.78 is 17.0.